The lowest BCUT2D eigenvalue weighted by atomic mass is 10.2. The molecule has 2 rings (SSSR count). The number of nitrogens with one attached hydrogen (secondary N) is 2. The van der Waals surface area contributed by atoms with E-state index in [-0.39, 0.29) is 36.4 Å². The lowest BCUT2D eigenvalue weighted by Gasteiger charge is -2.24. The first-order valence-corrected chi connectivity index (χ1v) is 6.40. The first kappa shape index (κ1) is 13.7. The molecule has 0 bridgehead atoms. The van der Waals surface area contributed by atoms with Crippen molar-refractivity contribution in [2.24, 2.45) is 0 Å². The number of nitrogens with zero attached hydrogens (tertiary/aromatic N) is 2. The zero-order valence-corrected chi connectivity index (χ0v) is 10.6. The van der Waals surface area contributed by atoms with Crippen LogP contribution in [0.25, 0.3) is 0 Å². The van der Waals surface area contributed by atoms with Gasteiger partial charge < -0.3 is 15.3 Å². The molecular weight excluding hydrogens is 248 g/mol. The van der Waals surface area contributed by atoms with Gasteiger partial charge in [-0.25, -0.2) is 5.10 Å². The van der Waals surface area contributed by atoms with Gasteiger partial charge in [0, 0.05) is 25.2 Å². The monoisotopic (exact) mass is 266 g/mol. The molecule has 1 unspecified atom stereocenters. The number of carbonyl (C=O) groups excluding carboxylic acids is 1. The van der Waals surface area contributed by atoms with Crippen molar-refractivity contribution < 1.29 is 9.90 Å². The fraction of sp³-hybridized carbons (Fsp3) is 0.583. The van der Waals surface area contributed by atoms with Crippen LogP contribution in [-0.4, -0.2) is 58.4 Å². The minimum Gasteiger partial charge on any atom is -0.395 e. The molecule has 1 fully saturated rings. The summed E-state index contributed by atoms with van der Waals surface area (Å²) < 4.78 is 0. The summed E-state index contributed by atoms with van der Waals surface area (Å²) in [6, 6.07) is 2.93. The Morgan fingerprint density at radius 1 is 1.53 bits per heavy atom. The second-order valence-corrected chi connectivity index (χ2v) is 4.57. The number of hydrogen-bond donors (Lipinski definition) is 3. The molecule has 1 aliphatic rings. The summed E-state index contributed by atoms with van der Waals surface area (Å²) in [5, 5.41) is 18.3. The van der Waals surface area contributed by atoms with Gasteiger partial charge in [0.15, 0.2) is 0 Å². The van der Waals surface area contributed by atoms with Crippen LogP contribution < -0.4 is 10.9 Å². The molecule has 1 aromatic rings. The van der Waals surface area contributed by atoms with Crippen molar-refractivity contribution in [1.29, 1.82) is 0 Å². The quantitative estimate of drug-likeness (QED) is 0.632. The zero-order valence-electron chi connectivity index (χ0n) is 10.6. The predicted molar refractivity (Wildman–Crippen MR) is 68.9 cm³/mol. The largest absolute Gasteiger partial charge is 0.395 e. The second kappa shape index (κ2) is 6.44. The van der Waals surface area contributed by atoms with Gasteiger partial charge in [0.1, 0.15) is 5.69 Å². The van der Waals surface area contributed by atoms with E-state index in [1.54, 1.807) is 4.90 Å². The summed E-state index contributed by atoms with van der Waals surface area (Å²) in [7, 11) is 0. The summed E-state index contributed by atoms with van der Waals surface area (Å²) in [6.07, 6.45) is 2.12. The number of H-pyrrole nitrogens is 1. The molecule has 1 amide bonds. The molecule has 0 radical (unpaired) electrons. The number of carbonyl (C=O) groups is 1. The van der Waals surface area contributed by atoms with Gasteiger partial charge in [-0.1, -0.05) is 0 Å². The van der Waals surface area contributed by atoms with Gasteiger partial charge >= 0.3 is 0 Å². The van der Waals surface area contributed by atoms with Crippen LogP contribution in [0.2, 0.25) is 0 Å². The molecule has 0 aromatic carbocycles. The number of rotatable bonds is 5. The normalized spacial score (nSPS) is 18.5. The van der Waals surface area contributed by atoms with Gasteiger partial charge in [0.05, 0.1) is 6.61 Å². The van der Waals surface area contributed by atoms with Crippen LogP contribution in [0.1, 0.15) is 23.3 Å². The number of hydrogen-bond acceptors (Lipinski definition) is 5. The summed E-state index contributed by atoms with van der Waals surface area (Å²) in [4.78, 5) is 24.7. The molecule has 1 aliphatic heterocycles. The summed E-state index contributed by atoms with van der Waals surface area (Å²) in [5.41, 5.74) is -0.159. The van der Waals surface area contributed by atoms with Crippen LogP contribution in [0.15, 0.2) is 16.9 Å². The Morgan fingerprint density at radius 2 is 2.37 bits per heavy atom. The highest BCUT2D eigenvalue weighted by Crippen LogP contribution is 2.08. The number of aromatic amines is 1. The van der Waals surface area contributed by atoms with E-state index < -0.39 is 0 Å². The first-order valence-electron chi connectivity index (χ1n) is 6.40. The van der Waals surface area contributed by atoms with Crippen molar-refractivity contribution >= 4 is 5.91 Å². The fourth-order valence-corrected chi connectivity index (χ4v) is 2.20. The summed E-state index contributed by atoms with van der Waals surface area (Å²) >= 11 is 0. The molecular formula is C12H18N4O3. The van der Waals surface area contributed by atoms with Crippen molar-refractivity contribution in [1.82, 2.24) is 20.4 Å². The zero-order chi connectivity index (χ0) is 13.7. The maximum atomic E-state index is 12.2. The molecule has 104 valence electrons. The Bertz CT molecular complexity index is 462. The Labute approximate surface area is 110 Å². The molecule has 3 N–H and O–H groups in total. The van der Waals surface area contributed by atoms with E-state index in [1.807, 2.05) is 0 Å². The van der Waals surface area contributed by atoms with Crippen molar-refractivity contribution in [3.8, 4) is 0 Å². The van der Waals surface area contributed by atoms with Crippen molar-refractivity contribution in [3.63, 3.8) is 0 Å². The molecule has 1 saturated heterocycles. The highest BCUT2D eigenvalue weighted by atomic mass is 16.3. The fourth-order valence-electron chi connectivity index (χ4n) is 2.20. The van der Waals surface area contributed by atoms with Gasteiger partial charge in [0.2, 0.25) is 0 Å². The van der Waals surface area contributed by atoms with Crippen LogP contribution >= 0.6 is 0 Å². The number of amides is 1. The van der Waals surface area contributed by atoms with Crippen LogP contribution in [0.4, 0.5) is 0 Å². The maximum Gasteiger partial charge on any atom is 0.274 e. The Kier molecular flexibility index (Phi) is 4.64. The van der Waals surface area contributed by atoms with E-state index in [0.717, 1.165) is 19.4 Å². The highest BCUT2D eigenvalue weighted by Gasteiger charge is 2.22. The van der Waals surface area contributed by atoms with Gasteiger partial charge in [-0.15, -0.1) is 0 Å². The molecule has 0 spiro atoms. The predicted octanol–water partition coefficient (Wildman–Crippen LogP) is -1.04. The van der Waals surface area contributed by atoms with E-state index in [0.29, 0.717) is 6.54 Å². The molecule has 0 aliphatic carbocycles. The van der Waals surface area contributed by atoms with E-state index in [4.69, 9.17) is 5.11 Å². The topological polar surface area (TPSA) is 98.3 Å². The summed E-state index contributed by atoms with van der Waals surface area (Å²) in [5.74, 6) is -0.279. The van der Waals surface area contributed by atoms with Gasteiger partial charge in [-0.05, 0) is 25.5 Å². The minimum absolute atomic E-state index is 0.0954. The molecule has 0 saturated carbocycles. The van der Waals surface area contributed by atoms with Crippen LogP contribution in [-0.2, 0) is 0 Å². The Morgan fingerprint density at radius 3 is 2.95 bits per heavy atom. The third kappa shape index (κ3) is 3.62. The number of aliphatic hydroxyl groups excluding tert-OH is 1. The molecule has 1 atom stereocenters. The van der Waals surface area contributed by atoms with Crippen molar-refractivity contribution in [2.45, 2.75) is 18.9 Å². The minimum atomic E-state index is -0.345. The van der Waals surface area contributed by atoms with Crippen molar-refractivity contribution in [3.05, 3.63) is 28.2 Å². The third-order valence-electron chi connectivity index (χ3n) is 3.16. The average Bonchev–Trinajstić information content (AvgIpc) is 2.91. The molecule has 7 heteroatoms. The van der Waals surface area contributed by atoms with Gasteiger partial charge in [-0.3, -0.25) is 9.59 Å². The van der Waals surface area contributed by atoms with Gasteiger partial charge in [0.25, 0.3) is 11.5 Å². The lowest BCUT2D eigenvalue weighted by molar-refractivity contribution is 0.0699. The highest BCUT2D eigenvalue weighted by molar-refractivity contribution is 5.92. The number of aromatic nitrogens is 2. The third-order valence-corrected chi connectivity index (χ3v) is 3.16. The van der Waals surface area contributed by atoms with E-state index >= 15 is 0 Å². The standard InChI is InChI=1S/C12H18N4O3/c17-7-6-16(8-9-2-1-5-13-9)12(19)10-3-4-11(18)15-14-10/h3-4,9,13,17H,1-2,5-8H2,(H,15,18). The molecule has 7 nitrogen and oxygen atoms in total. The van der Waals surface area contributed by atoms with E-state index in [9.17, 15) is 9.59 Å². The van der Waals surface area contributed by atoms with Crippen molar-refractivity contribution in [2.75, 3.05) is 26.2 Å². The van der Waals surface area contributed by atoms with Gasteiger partial charge in [-0.2, -0.15) is 5.10 Å². The Hall–Kier alpha value is -1.73. The average molecular weight is 266 g/mol. The smallest absolute Gasteiger partial charge is 0.274 e. The first-order chi connectivity index (χ1) is 9.20. The molecule has 2 heterocycles. The van der Waals surface area contributed by atoms with E-state index in [2.05, 4.69) is 15.5 Å². The summed E-state index contributed by atoms with van der Waals surface area (Å²) in [6.45, 7) is 1.67. The van der Waals surface area contributed by atoms with Crippen LogP contribution in [0, 0.1) is 0 Å². The Balaban J connectivity index is 2.06. The number of aliphatic hydroxyl groups is 1. The maximum absolute atomic E-state index is 12.2. The molecule has 1 aromatic heterocycles. The second-order valence-electron chi connectivity index (χ2n) is 4.57. The molecule has 19 heavy (non-hydrogen) atoms. The SMILES string of the molecule is O=C(c1ccc(=O)[nH]n1)N(CCO)CC1CCCN1. The lowest BCUT2D eigenvalue weighted by Crippen LogP contribution is -2.43. The van der Waals surface area contributed by atoms with E-state index in [1.165, 1.54) is 12.1 Å². The van der Waals surface area contributed by atoms with Crippen LogP contribution in [0.3, 0.4) is 0 Å². The van der Waals surface area contributed by atoms with Crippen LogP contribution in [0.5, 0.6) is 0 Å².